The summed E-state index contributed by atoms with van der Waals surface area (Å²) in [6.45, 7) is -0.155. The van der Waals surface area contributed by atoms with Crippen LogP contribution in [0.2, 0.25) is 0 Å². The Bertz CT molecular complexity index is 829. The van der Waals surface area contributed by atoms with Gasteiger partial charge in [-0.3, -0.25) is 19.8 Å². The predicted octanol–water partition coefficient (Wildman–Crippen LogP) is 2.35. The highest BCUT2D eigenvalue weighted by Crippen LogP contribution is 2.15. The smallest absolute Gasteiger partial charge is 0.267 e. The van der Waals surface area contributed by atoms with E-state index in [0.717, 1.165) is 18.2 Å². The Morgan fingerprint density at radius 1 is 1.16 bits per heavy atom. The van der Waals surface area contributed by atoms with E-state index in [1.807, 2.05) is 0 Å². The number of hydrogen-bond donors (Lipinski definition) is 3. The van der Waals surface area contributed by atoms with Crippen molar-refractivity contribution in [3.8, 4) is 5.75 Å². The zero-order chi connectivity index (χ0) is 18.2. The highest BCUT2D eigenvalue weighted by Gasteiger charge is 2.05. The van der Waals surface area contributed by atoms with Crippen molar-refractivity contribution in [3.05, 3.63) is 71.0 Å². The number of nitrogens with one attached hydrogen (secondary N) is 1. The van der Waals surface area contributed by atoms with Crippen LogP contribution in [0.5, 0.6) is 5.75 Å². The summed E-state index contributed by atoms with van der Waals surface area (Å²) in [5, 5.41) is 17.9. The molecule has 0 fully saturated rings. The lowest BCUT2D eigenvalue weighted by atomic mass is 10.1. The molecule has 128 valence electrons. The fraction of sp³-hybridized carbons (Fsp3) is 0.0556. The molecule has 0 aliphatic rings. The van der Waals surface area contributed by atoms with Gasteiger partial charge < -0.3 is 5.11 Å². The molecule has 2 aromatic rings. The van der Waals surface area contributed by atoms with Crippen molar-refractivity contribution in [1.29, 1.82) is 0 Å². The minimum atomic E-state index is -0.657. The number of halogens is 1. The molecule has 0 atom stereocenters. The number of amides is 1. The minimum Gasteiger partial charge on any atom is -0.507 e. The van der Waals surface area contributed by atoms with Crippen LogP contribution in [0, 0.1) is 5.82 Å². The molecular formula is C18H15FN2O4. The summed E-state index contributed by atoms with van der Waals surface area (Å²) in [6, 6.07) is 9.88. The van der Waals surface area contributed by atoms with Crippen LogP contribution < -0.4 is 5.48 Å². The summed E-state index contributed by atoms with van der Waals surface area (Å²) in [7, 11) is 0. The van der Waals surface area contributed by atoms with Gasteiger partial charge in [-0.05, 0) is 29.8 Å². The van der Waals surface area contributed by atoms with Crippen molar-refractivity contribution in [2.24, 2.45) is 4.99 Å². The SMILES string of the molecule is O=C(/C=C/c1ccc(C(=O)CN=Cc2cc(F)ccc2O)cc1)NO. The topological polar surface area (TPSA) is 99.0 Å². The molecule has 2 rings (SSSR count). The zero-order valence-corrected chi connectivity index (χ0v) is 13.0. The lowest BCUT2D eigenvalue weighted by Crippen LogP contribution is -2.14. The van der Waals surface area contributed by atoms with E-state index in [1.165, 1.54) is 23.8 Å². The van der Waals surface area contributed by atoms with Crippen molar-refractivity contribution < 1.29 is 24.3 Å². The van der Waals surface area contributed by atoms with Crippen LogP contribution in [-0.2, 0) is 4.79 Å². The monoisotopic (exact) mass is 342 g/mol. The Morgan fingerprint density at radius 3 is 2.56 bits per heavy atom. The zero-order valence-electron chi connectivity index (χ0n) is 13.0. The lowest BCUT2D eigenvalue weighted by Gasteiger charge is -2.00. The van der Waals surface area contributed by atoms with E-state index < -0.39 is 11.7 Å². The van der Waals surface area contributed by atoms with Gasteiger partial charge in [-0.2, -0.15) is 0 Å². The molecule has 0 saturated carbocycles. The molecule has 0 bridgehead atoms. The number of Topliss-reactive ketones (excluding diaryl/α,β-unsaturated/α-hetero) is 1. The maximum Gasteiger partial charge on any atom is 0.267 e. The van der Waals surface area contributed by atoms with E-state index in [-0.39, 0.29) is 23.6 Å². The quantitative estimate of drug-likeness (QED) is 0.247. The Kier molecular flexibility index (Phi) is 6.14. The normalized spacial score (nSPS) is 11.1. The number of aliphatic imine (C=N–C) groups is 1. The number of hydrogen-bond acceptors (Lipinski definition) is 5. The molecule has 0 aromatic heterocycles. The molecule has 0 heterocycles. The van der Waals surface area contributed by atoms with Crippen molar-refractivity contribution in [2.75, 3.05) is 6.54 Å². The van der Waals surface area contributed by atoms with E-state index in [1.54, 1.807) is 24.3 Å². The fourth-order valence-corrected chi connectivity index (χ4v) is 1.94. The van der Waals surface area contributed by atoms with Gasteiger partial charge in [-0.25, -0.2) is 9.87 Å². The highest BCUT2D eigenvalue weighted by atomic mass is 19.1. The number of nitrogens with zero attached hydrogens (tertiary/aromatic N) is 1. The minimum absolute atomic E-state index is 0.124. The van der Waals surface area contributed by atoms with Gasteiger partial charge in [0.1, 0.15) is 18.1 Å². The summed E-state index contributed by atoms with van der Waals surface area (Å²) in [4.78, 5) is 26.8. The highest BCUT2D eigenvalue weighted by molar-refractivity contribution is 5.99. The maximum absolute atomic E-state index is 13.1. The number of ketones is 1. The first kappa shape index (κ1) is 18.0. The Balaban J connectivity index is 1.99. The van der Waals surface area contributed by atoms with Gasteiger partial charge in [-0.1, -0.05) is 24.3 Å². The molecule has 0 radical (unpaired) electrons. The number of phenols is 1. The summed E-state index contributed by atoms with van der Waals surface area (Å²) < 4.78 is 13.1. The number of phenolic OH excluding ortho intramolecular Hbond substituents is 1. The first-order chi connectivity index (χ1) is 12.0. The van der Waals surface area contributed by atoms with Crippen molar-refractivity contribution >= 4 is 24.0 Å². The third-order valence-corrected chi connectivity index (χ3v) is 3.22. The van der Waals surface area contributed by atoms with Crippen LogP contribution in [0.4, 0.5) is 4.39 Å². The van der Waals surface area contributed by atoms with Crippen LogP contribution in [-0.4, -0.2) is 34.8 Å². The van der Waals surface area contributed by atoms with E-state index in [0.29, 0.717) is 11.1 Å². The Hall–Kier alpha value is -3.32. The van der Waals surface area contributed by atoms with Gasteiger partial charge >= 0.3 is 0 Å². The van der Waals surface area contributed by atoms with E-state index in [9.17, 15) is 19.1 Å². The molecule has 2 aromatic carbocycles. The van der Waals surface area contributed by atoms with Crippen LogP contribution in [0.3, 0.4) is 0 Å². The number of carbonyl (C=O) groups is 2. The second kappa shape index (κ2) is 8.51. The molecule has 0 aliphatic carbocycles. The number of aromatic hydroxyl groups is 1. The van der Waals surface area contributed by atoms with Gasteiger partial charge in [0, 0.05) is 23.4 Å². The summed E-state index contributed by atoms with van der Waals surface area (Å²) >= 11 is 0. The average Bonchev–Trinajstić information content (AvgIpc) is 2.62. The summed E-state index contributed by atoms with van der Waals surface area (Å²) in [5.41, 5.74) is 2.76. The molecule has 7 heteroatoms. The van der Waals surface area contributed by atoms with E-state index in [2.05, 4.69) is 4.99 Å². The third kappa shape index (κ3) is 5.36. The number of hydroxylamine groups is 1. The van der Waals surface area contributed by atoms with Gasteiger partial charge in [0.05, 0.1) is 0 Å². The third-order valence-electron chi connectivity index (χ3n) is 3.22. The second-order valence-corrected chi connectivity index (χ2v) is 5.03. The molecule has 3 N–H and O–H groups in total. The molecular weight excluding hydrogens is 327 g/mol. The summed E-state index contributed by atoms with van der Waals surface area (Å²) in [6.07, 6.45) is 3.86. The maximum atomic E-state index is 13.1. The molecule has 0 spiro atoms. The second-order valence-electron chi connectivity index (χ2n) is 5.03. The molecule has 25 heavy (non-hydrogen) atoms. The van der Waals surface area contributed by atoms with Crippen molar-refractivity contribution in [3.63, 3.8) is 0 Å². The molecule has 0 saturated heterocycles. The fourth-order valence-electron chi connectivity index (χ4n) is 1.94. The van der Waals surface area contributed by atoms with Crippen molar-refractivity contribution in [2.45, 2.75) is 0 Å². The van der Waals surface area contributed by atoms with Gasteiger partial charge in [0.15, 0.2) is 5.78 Å². The standard InChI is InChI=1S/C18H15FN2O4/c19-15-6-7-16(22)14(9-15)10-20-11-17(23)13-4-1-12(2-5-13)3-8-18(24)21-25/h1-10,22,25H,11H2,(H,21,24)/b8-3+,20-10?. The van der Waals surface area contributed by atoms with Crippen molar-refractivity contribution in [1.82, 2.24) is 5.48 Å². The largest absolute Gasteiger partial charge is 0.507 e. The average molecular weight is 342 g/mol. The first-order valence-electron chi connectivity index (χ1n) is 7.23. The Labute approximate surface area is 142 Å². The van der Waals surface area contributed by atoms with Crippen LogP contribution in [0.1, 0.15) is 21.5 Å². The molecule has 6 nitrogen and oxygen atoms in total. The number of rotatable bonds is 6. The van der Waals surface area contributed by atoms with E-state index in [4.69, 9.17) is 5.21 Å². The van der Waals surface area contributed by atoms with Crippen LogP contribution in [0.15, 0.2) is 53.5 Å². The molecule has 0 unspecified atom stereocenters. The predicted molar refractivity (Wildman–Crippen MR) is 90.3 cm³/mol. The first-order valence-corrected chi connectivity index (χ1v) is 7.23. The van der Waals surface area contributed by atoms with Crippen LogP contribution in [0.25, 0.3) is 6.08 Å². The van der Waals surface area contributed by atoms with Gasteiger partial charge in [0.25, 0.3) is 5.91 Å². The number of benzene rings is 2. The van der Waals surface area contributed by atoms with E-state index >= 15 is 0 Å². The lowest BCUT2D eigenvalue weighted by molar-refractivity contribution is -0.124. The van der Waals surface area contributed by atoms with Gasteiger partial charge in [-0.15, -0.1) is 0 Å². The molecule has 1 amide bonds. The Morgan fingerprint density at radius 2 is 1.88 bits per heavy atom. The summed E-state index contributed by atoms with van der Waals surface area (Å²) in [5.74, 6) is -1.55. The van der Waals surface area contributed by atoms with Crippen LogP contribution >= 0.6 is 0 Å². The number of carbonyl (C=O) groups excluding carboxylic acids is 2. The molecule has 0 aliphatic heterocycles. The van der Waals surface area contributed by atoms with Gasteiger partial charge in [0.2, 0.25) is 0 Å².